The topological polar surface area (TPSA) is 37.8 Å². The lowest BCUT2D eigenvalue weighted by Gasteiger charge is -2.08. The van der Waals surface area contributed by atoms with Gasteiger partial charge in [0.15, 0.2) is 0 Å². The van der Waals surface area contributed by atoms with E-state index in [0.717, 1.165) is 12.1 Å². The van der Waals surface area contributed by atoms with Crippen LogP contribution in [-0.2, 0) is 12.7 Å². The Bertz CT molecular complexity index is 875. The van der Waals surface area contributed by atoms with Gasteiger partial charge in [0.05, 0.1) is 23.1 Å². The monoisotopic (exact) mass is 310 g/mol. The second-order valence-corrected chi connectivity index (χ2v) is 4.87. The number of benzene rings is 2. The van der Waals surface area contributed by atoms with Gasteiger partial charge in [0, 0.05) is 0 Å². The maximum absolute atomic E-state index is 13.1. The molecule has 114 valence electrons. The van der Waals surface area contributed by atoms with E-state index in [2.05, 4.69) is 4.98 Å². The average Bonchev–Trinajstić information content (AvgIpc) is 2.74. The van der Waals surface area contributed by atoms with Gasteiger partial charge in [-0.1, -0.05) is 12.1 Å². The number of alkyl halides is 3. The van der Waals surface area contributed by atoms with Crippen LogP contribution in [0.2, 0.25) is 0 Å². The Morgan fingerprint density at radius 3 is 2.36 bits per heavy atom. The van der Waals surface area contributed by atoms with Crippen molar-refractivity contribution >= 4 is 11.0 Å². The minimum Gasteiger partial charge on any atom is -0.305 e. The highest BCUT2D eigenvalue weighted by molar-refractivity contribution is 5.75. The van der Waals surface area contributed by atoms with Crippen LogP contribution in [0.4, 0.5) is 17.6 Å². The summed E-state index contributed by atoms with van der Waals surface area (Å²) in [6.07, 6.45) is -4.40. The van der Waals surface area contributed by atoms with Gasteiger partial charge in [0.2, 0.25) is 0 Å². The molecule has 1 N–H and O–H groups in total. The molecule has 1 heterocycles. The fourth-order valence-corrected chi connectivity index (χ4v) is 2.27. The molecule has 0 unspecified atom stereocenters. The van der Waals surface area contributed by atoms with Gasteiger partial charge in [0.25, 0.3) is 0 Å². The molecule has 1 aromatic heterocycles. The number of aromatic nitrogens is 2. The third-order valence-corrected chi connectivity index (χ3v) is 3.36. The van der Waals surface area contributed by atoms with Crippen molar-refractivity contribution in [1.29, 1.82) is 0 Å². The van der Waals surface area contributed by atoms with Crippen LogP contribution in [0.1, 0.15) is 11.1 Å². The van der Waals surface area contributed by atoms with E-state index < -0.39 is 23.2 Å². The molecule has 0 atom stereocenters. The van der Waals surface area contributed by atoms with E-state index >= 15 is 0 Å². The third-order valence-electron chi connectivity index (χ3n) is 3.36. The van der Waals surface area contributed by atoms with Crippen LogP contribution >= 0.6 is 0 Å². The maximum Gasteiger partial charge on any atom is 0.416 e. The predicted molar refractivity (Wildman–Crippen MR) is 73.1 cm³/mol. The largest absolute Gasteiger partial charge is 0.416 e. The number of H-pyrrole nitrogens is 1. The first-order chi connectivity index (χ1) is 10.3. The van der Waals surface area contributed by atoms with Crippen LogP contribution in [0.15, 0.2) is 47.3 Å². The van der Waals surface area contributed by atoms with E-state index in [0.29, 0.717) is 16.6 Å². The minimum atomic E-state index is -4.40. The molecule has 0 amide bonds. The zero-order valence-corrected chi connectivity index (χ0v) is 11.1. The second-order valence-electron chi connectivity index (χ2n) is 4.87. The molecule has 2 aromatic carbocycles. The molecule has 0 spiro atoms. The summed E-state index contributed by atoms with van der Waals surface area (Å²) in [6.45, 7) is 0.0998. The van der Waals surface area contributed by atoms with Crippen LogP contribution in [0.25, 0.3) is 11.0 Å². The standard InChI is InChI=1S/C15H10F4N2O/c16-11-5-6-13-12(7-11)20-14(22)21(13)8-9-1-3-10(4-2-9)15(17,18)19/h1-7H,8H2,(H,20,22). The first-order valence-corrected chi connectivity index (χ1v) is 6.39. The summed E-state index contributed by atoms with van der Waals surface area (Å²) < 4.78 is 52.0. The minimum absolute atomic E-state index is 0.0998. The quantitative estimate of drug-likeness (QED) is 0.722. The average molecular weight is 310 g/mol. The predicted octanol–water partition coefficient (Wildman–Crippen LogP) is 3.54. The lowest BCUT2D eigenvalue weighted by molar-refractivity contribution is -0.137. The second kappa shape index (κ2) is 5.01. The van der Waals surface area contributed by atoms with Crippen LogP contribution in [0, 0.1) is 5.82 Å². The molecule has 3 aromatic rings. The van der Waals surface area contributed by atoms with Gasteiger partial charge in [-0.2, -0.15) is 13.2 Å². The summed E-state index contributed by atoms with van der Waals surface area (Å²) in [7, 11) is 0. The van der Waals surface area contributed by atoms with Crippen LogP contribution in [0.3, 0.4) is 0 Å². The van der Waals surface area contributed by atoms with Crippen molar-refractivity contribution in [3.8, 4) is 0 Å². The fourth-order valence-electron chi connectivity index (χ4n) is 2.27. The molecule has 3 rings (SSSR count). The van der Waals surface area contributed by atoms with Gasteiger partial charge in [-0.25, -0.2) is 9.18 Å². The molecular formula is C15H10F4N2O. The highest BCUT2D eigenvalue weighted by Gasteiger charge is 2.29. The fraction of sp³-hybridized carbons (Fsp3) is 0.133. The van der Waals surface area contributed by atoms with Gasteiger partial charge in [0.1, 0.15) is 5.82 Å². The van der Waals surface area contributed by atoms with Crippen LogP contribution in [0.5, 0.6) is 0 Å². The van der Waals surface area contributed by atoms with E-state index in [4.69, 9.17) is 0 Å². The highest BCUT2D eigenvalue weighted by Crippen LogP contribution is 2.29. The molecule has 0 saturated carbocycles. The Morgan fingerprint density at radius 1 is 1.05 bits per heavy atom. The number of imidazole rings is 1. The molecule has 0 radical (unpaired) electrons. The summed E-state index contributed by atoms with van der Waals surface area (Å²) in [4.78, 5) is 14.4. The zero-order valence-electron chi connectivity index (χ0n) is 11.1. The molecule has 0 bridgehead atoms. The lowest BCUT2D eigenvalue weighted by atomic mass is 10.1. The van der Waals surface area contributed by atoms with Crippen molar-refractivity contribution in [2.75, 3.05) is 0 Å². The van der Waals surface area contributed by atoms with Crippen LogP contribution in [-0.4, -0.2) is 9.55 Å². The smallest absolute Gasteiger partial charge is 0.305 e. The van der Waals surface area contributed by atoms with Gasteiger partial charge < -0.3 is 4.98 Å². The first-order valence-electron chi connectivity index (χ1n) is 6.39. The van der Waals surface area contributed by atoms with Gasteiger partial charge in [-0.05, 0) is 35.9 Å². The SMILES string of the molecule is O=c1[nH]c2cc(F)ccc2n1Cc1ccc(C(F)(F)F)cc1. The normalized spacial score (nSPS) is 12.0. The Labute approximate surface area is 121 Å². The van der Waals surface area contributed by atoms with Gasteiger partial charge in [-0.3, -0.25) is 4.57 Å². The van der Waals surface area contributed by atoms with Crippen molar-refractivity contribution in [3.63, 3.8) is 0 Å². The van der Waals surface area contributed by atoms with Crippen molar-refractivity contribution in [2.24, 2.45) is 0 Å². The van der Waals surface area contributed by atoms with E-state index in [1.807, 2.05) is 0 Å². The molecule has 7 heteroatoms. The highest BCUT2D eigenvalue weighted by atomic mass is 19.4. The van der Waals surface area contributed by atoms with Crippen molar-refractivity contribution in [2.45, 2.75) is 12.7 Å². The molecule has 0 fully saturated rings. The summed E-state index contributed by atoms with van der Waals surface area (Å²) in [6, 6.07) is 8.44. The zero-order chi connectivity index (χ0) is 15.9. The van der Waals surface area contributed by atoms with Crippen molar-refractivity contribution in [1.82, 2.24) is 9.55 Å². The first kappa shape index (κ1) is 14.4. The van der Waals surface area contributed by atoms with Crippen molar-refractivity contribution < 1.29 is 17.6 Å². The Morgan fingerprint density at radius 2 is 1.73 bits per heavy atom. The molecule has 0 aliphatic heterocycles. The lowest BCUT2D eigenvalue weighted by Crippen LogP contribution is -2.17. The van der Waals surface area contributed by atoms with E-state index in [1.54, 1.807) is 0 Å². The summed E-state index contributed by atoms with van der Waals surface area (Å²) in [5, 5.41) is 0. The van der Waals surface area contributed by atoms with Gasteiger partial charge >= 0.3 is 11.9 Å². The molecule has 0 aliphatic rings. The summed E-state index contributed by atoms with van der Waals surface area (Å²) in [5.41, 5.74) is 0.189. The molecule has 3 nitrogen and oxygen atoms in total. The summed E-state index contributed by atoms with van der Waals surface area (Å²) in [5.74, 6) is -0.476. The molecular weight excluding hydrogens is 300 g/mol. The number of aromatic amines is 1. The van der Waals surface area contributed by atoms with E-state index in [9.17, 15) is 22.4 Å². The van der Waals surface area contributed by atoms with E-state index in [1.165, 1.54) is 34.9 Å². The number of hydrogen-bond donors (Lipinski definition) is 1. The number of rotatable bonds is 2. The van der Waals surface area contributed by atoms with Crippen molar-refractivity contribution in [3.05, 3.63) is 69.9 Å². The Kier molecular flexibility index (Phi) is 3.27. The Hall–Kier alpha value is -2.57. The molecule has 0 saturated heterocycles. The molecule has 0 aliphatic carbocycles. The number of fused-ring (bicyclic) bond motifs is 1. The number of nitrogens with zero attached hydrogens (tertiary/aromatic N) is 1. The number of hydrogen-bond acceptors (Lipinski definition) is 1. The summed E-state index contributed by atoms with van der Waals surface area (Å²) >= 11 is 0. The Balaban J connectivity index is 1.97. The van der Waals surface area contributed by atoms with E-state index in [-0.39, 0.29) is 6.54 Å². The third kappa shape index (κ3) is 2.61. The van der Waals surface area contributed by atoms with Crippen LogP contribution < -0.4 is 5.69 Å². The number of halogens is 4. The van der Waals surface area contributed by atoms with Gasteiger partial charge in [-0.15, -0.1) is 0 Å². The molecule has 22 heavy (non-hydrogen) atoms. The maximum atomic E-state index is 13.1. The number of nitrogens with one attached hydrogen (secondary N) is 1.